The van der Waals surface area contributed by atoms with E-state index < -0.39 is 0 Å². The van der Waals surface area contributed by atoms with Gasteiger partial charge in [-0.2, -0.15) is 4.73 Å². The summed E-state index contributed by atoms with van der Waals surface area (Å²) in [6.45, 7) is 1.75. The Balaban J connectivity index is 2.14. The molecule has 2 aromatic carbocycles. The van der Waals surface area contributed by atoms with E-state index in [2.05, 4.69) is 4.98 Å². The molecule has 152 valence electrons. The zero-order chi connectivity index (χ0) is 21.1. The van der Waals surface area contributed by atoms with Gasteiger partial charge in [0.15, 0.2) is 23.0 Å². The first-order chi connectivity index (χ1) is 13.9. The third-order valence-corrected chi connectivity index (χ3v) is 4.69. The Bertz CT molecular complexity index is 1020. The molecule has 0 bridgehead atoms. The van der Waals surface area contributed by atoms with Crippen molar-refractivity contribution in [1.29, 1.82) is 0 Å². The van der Waals surface area contributed by atoms with Crippen LogP contribution in [0.4, 0.5) is 0 Å². The van der Waals surface area contributed by atoms with Crippen molar-refractivity contribution < 1.29 is 23.8 Å². The monoisotopic (exact) mass is 416 g/mol. The third-order valence-electron chi connectivity index (χ3n) is 4.44. The Hall–Kier alpha value is -3.19. The molecule has 0 atom stereocenters. The average Bonchev–Trinajstić information content (AvgIpc) is 3.08. The highest BCUT2D eigenvalue weighted by atomic mass is 35.5. The first-order valence-electron chi connectivity index (χ1n) is 8.69. The van der Waals surface area contributed by atoms with Crippen LogP contribution in [0.1, 0.15) is 21.7 Å². The number of aryl methyl sites for hydroxylation is 1. The van der Waals surface area contributed by atoms with Crippen LogP contribution >= 0.6 is 11.6 Å². The molecule has 0 amide bonds. The highest BCUT2D eigenvalue weighted by Gasteiger charge is 2.26. The van der Waals surface area contributed by atoms with E-state index in [1.165, 1.54) is 33.2 Å². The maximum Gasteiger partial charge on any atom is 0.215 e. The minimum Gasteiger partial charge on any atom is -0.493 e. The number of nitrogens with zero attached hydrogens (tertiary/aromatic N) is 2. The minimum absolute atomic E-state index is 0.295. The van der Waals surface area contributed by atoms with Crippen molar-refractivity contribution in [2.24, 2.45) is 0 Å². The summed E-state index contributed by atoms with van der Waals surface area (Å²) in [7, 11) is 5.97. The zero-order valence-corrected chi connectivity index (χ0v) is 17.5. The summed E-state index contributed by atoms with van der Waals surface area (Å²) in [5.41, 5.74) is 1.94. The number of rotatable bonds is 7. The van der Waals surface area contributed by atoms with Gasteiger partial charge in [-0.1, -0.05) is 11.6 Å². The molecular weight excluding hydrogens is 396 g/mol. The number of imidazole rings is 1. The second-order valence-electron chi connectivity index (χ2n) is 6.10. The van der Waals surface area contributed by atoms with Gasteiger partial charge in [0.05, 0.1) is 27.0 Å². The van der Waals surface area contributed by atoms with Crippen LogP contribution in [0.2, 0.25) is 5.02 Å². The minimum atomic E-state index is -0.295. The van der Waals surface area contributed by atoms with Crippen LogP contribution in [0.5, 0.6) is 17.2 Å². The van der Waals surface area contributed by atoms with Gasteiger partial charge in [-0.25, -0.2) is 4.98 Å². The second-order valence-corrected chi connectivity index (χ2v) is 6.53. The van der Waals surface area contributed by atoms with E-state index in [0.29, 0.717) is 45.0 Å². The third kappa shape index (κ3) is 3.73. The highest BCUT2D eigenvalue weighted by molar-refractivity contribution is 6.30. The second kappa shape index (κ2) is 8.45. The van der Waals surface area contributed by atoms with Crippen molar-refractivity contribution in [3.05, 3.63) is 58.4 Å². The smallest absolute Gasteiger partial charge is 0.215 e. The predicted octanol–water partition coefficient (Wildman–Crippen LogP) is 3.83. The molecule has 3 aromatic rings. The summed E-state index contributed by atoms with van der Waals surface area (Å²) < 4.78 is 17.4. The number of carbonyl (C=O) groups is 1. The number of hydrogen-bond acceptors (Lipinski definition) is 6. The van der Waals surface area contributed by atoms with Gasteiger partial charge in [0.25, 0.3) is 0 Å². The fourth-order valence-electron chi connectivity index (χ4n) is 3.07. The molecule has 0 aliphatic heterocycles. The van der Waals surface area contributed by atoms with Crippen LogP contribution in [0, 0.1) is 6.92 Å². The molecule has 0 N–H and O–H groups in total. The Morgan fingerprint density at radius 3 is 2.03 bits per heavy atom. The van der Waals surface area contributed by atoms with Crippen LogP contribution in [0.15, 0.2) is 36.4 Å². The number of ketones is 1. The van der Waals surface area contributed by atoms with Gasteiger partial charge < -0.3 is 19.0 Å². The standard InChI is InChI=1S/C21H21ClN2O5/c1-12-18(24(29-5)21(23-12)13-6-8-15(22)9-7-13)19(25)14-10-16(26-2)20(28-4)17(11-14)27-3/h6-11H,1-5H3. The molecular formula is C21H21ClN2O5. The van der Waals surface area contributed by atoms with Crippen LogP contribution < -0.4 is 19.0 Å². The van der Waals surface area contributed by atoms with Gasteiger partial charge in [0, 0.05) is 16.1 Å². The van der Waals surface area contributed by atoms with Gasteiger partial charge in [-0.3, -0.25) is 4.79 Å². The van der Waals surface area contributed by atoms with Crippen LogP contribution in [0.25, 0.3) is 11.4 Å². The molecule has 0 saturated heterocycles. The van der Waals surface area contributed by atoms with E-state index in [0.717, 1.165) is 5.56 Å². The summed E-state index contributed by atoms with van der Waals surface area (Å²) in [6, 6.07) is 10.3. The lowest BCUT2D eigenvalue weighted by atomic mass is 10.1. The molecule has 8 heteroatoms. The Morgan fingerprint density at radius 2 is 1.55 bits per heavy atom. The molecule has 0 saturated carbocycles. The summed E-state index contributed by atoms with van der Waals surface area (Å²) >= 11 is 5.98. The summed E-state index contributed by atoms with van der Waals surface area (Å²) in [5.74, 6) is 1.38. The molecule has 3 rings (SSSR count). The van der Waals surface area contributed by atoms with E-state index in [4.69, 9.17) is 30.6 Å². The normalized spacial score (nSPS) is 10.6. The summed E-state index contributed by atoms with van der Waals surface area (Å²) in [4.78, 5) is 23.4. The predicted molar refractivity (Wildman–Crippen MR) is 109 cm³/mol. The highest BCUT2D eigenvalue weighted by Crippen LogP contribution is 2.39. The zero-order valence-electron chi connectivity index (χ0n) is 16.8. The van der Waals surface area contributed by atoms with Crippen molar-refractivity contribution in [2.75, 3.05) is 28.4 Å². The molecule has 0 aliphatic carbocycles. The van der Waals surface area contributed by atoms with Gasteiger partial charge >= 0.3 is 0 Å². The SMILES string of the molecule is COc1cc(C(=O)c2c(C)nc(-c3ccc(Cl)cc3)n2OC)cc(OC)c1OC. The van der Waals surface area contributed by atoms with Gasteiger partial charge in [-0.05, 0) is 43.3 Å². The Labute approximate surface area is 173 Å². The van der Waals surface area contributed by atoms with Gasteiger partial charge in [-0.15, -0.1) is 0 Å². The van der Waals surface area contributed by atoms with Crippen molar-refractivity contribution in [3.8, 4) is 28.6 Å². The van der Waals surface area contributed by atoms with Crippen LogP contribution in [-0.4, -0.2) is 43.9 Å². The van der Waals surface area contributed by atoms with E-state index in [9.17, 15) is 4.79 Å². The molecule has 0 unspecified atom stereocenters. The Morgan fingerprint density at radius 1 is 0.966 bits per heavy atom. The number of halogens is 1. The number of benzene rings is 2. The maximum atomic E-state index is 13.4. The lowest BCUT2D eigenvalue weighted by molar-refractivity contribution is 0.0978. The fraction of sp³-hybridized carbons (Fsp3) is 0.238. The molecule has 1 heterocycles. The van der Waals surface area contributed by atoms with Crippen molar-refractivity contribution in [1.82, 2.24) is 9.71 Å². The van der Waals surface area contributed by atoms with Crippen LogP contribution in [-0.2, 0) is 0 Å². The molecule has 0 radical (unpaired) electrons. The fourth-order valence-corrected chi connectivity index (χ4v) is 3.20. The molecule has 0 spiro atoms. The number of hydrogen-bond donors (Lipinski definition) is 0. The summed E-state index contributed by atoms with van der Waals surface area (Å²) in [6.07, 6.45) is 0. The molecule has 1 aromatic heterocycles. The van der Waals surface area contributed by atoms with Crippen LogP contribution in [0.3, 0.4) is 0 Å². The van der Waals surface area contributed by atoms with E-state index in [-0.39, 0.29) is 5.78 Å². The average molecular weight is 417 g/mol. The maximum absolute atomic E-state index is 13.4. The summed E-state index contributed by atoms with van der Waals surface area (Å²) in [5, 5.41) is 0.606. The lowest BCUT2D eigenvalue weighted by Crippen LogP contribution is -2.17. The number of ether oxygens (including phenoxy) is 3. The first-order valence-corrected chi connectivity index (χ1v) is 9.07. The number of aromatic nitrogens is 2. The van der Waals surface area contributed by atoms with E-state index in [1.807, 2.05) is 12.1 Å². The topological polar surface area (TPSA) is 71.8 Å². The lowest BCUT2D eigenvalue weighted by Gasteiger charge is -2.14. The molecule has 0 fully saturated rings. The van der Waals surface area contributed by atoms with Crippen molar-refractivity contribution >= 4 is 17.4 Å². The van der Waals surface area contributed by atoms with Gasteiger partial charge in [0.1, 0.15) is 7.11 Å². The number of carbonyl (C=O) groups excluding carboxylic acids is 1. The van der Waals surface area contributed by atoms with Crippen molar-refractivity contribution in [3.63, 3.8) is 0 Å². The largest absolute Gasteiger partial charge is 0.493 e. The van der Waals surface area contributed by atoms with E-state index >= 15 is 0 Å². The molecule has 29 heavy (non-hydrogen) atoms. The molecule has 0 aliphatic rings. The molecule has 7 nitrogen and oxygen atoms in total. The number of methoxy groups -OCH3 is 3. The van der Waals surface area contributed by atoms with E-state index in [1.54, 1.807) is 31.2 Å². The first kappa shape index (κ1) is 20.5. The van der Waals surface area contributed by atoms with Crippen molar-refractivity contribution in [2.45, 2.75) is 6.92 Å². The van der Waals surface area contributed by atoms with Gasteiger partial charge in [0.2, 0.25) is 11.5 Å². The Kier molecular flexibility index (Phi) is 5.98. The quantitative estimate of drug-likeness (QED) is 0.545.